The van der Waals surface area contributed by atoms with Gasteiger partial charge in [0, 0.05) is 0 Å². The van der Waals surface area contributed by atoms with E-state index in [9.17, 15) is 19.2 Å². The van der Waals surface area contributed by atoms with E-state index in [0.717, 1.165) is 0 Å². The number of halogens is 1. The summed E-state index contributed by atoms with van der Waals surface area (Å²) in [5, 5.41) is 19.8. The van der Waals surface area contributed by atoms with Crippen LogP contribution < -0.4 is 14.8 Å². The topological polar surface area (TPSA) is 142 Å². The Labute approximate surface area is 160 Å². The molecule has 3 amide bonds. The SMILES string of the molecule is COc1cc(C=C2NC(=O)N(CC(=O)O)C2=O)cc(I)c1OCC(=O)O. The van der Waals surface area contributed by atoms with Crippen molar-refractivity contribution in [3.8, 4) is 11.5 Å². The van der Waals surface area contributed by atoms with Gasteiger partial charge < -0.3 is 25.0 Å². The Morgan fingerprint density at radius 2 is 1.96 bits per heavy atom. The predicted octanol–water partition coefficient (Wildman–Crippen LogP) is 0.740. The Hall–Kier alpha value is -2.83. The molecule has 11 heteroatoms. The van der Waals surface area contributed by atoms with Crippen molar-refractivity contribution in [2.45, 2.75) is 0 Å². The lowest BCUT2D eigenvalue weighted by Crippen LogP contribution is -2.35. The number of carboxylic acids is 2. The number of ether oxygens (including phenoxy) is 2. The molecule has 10 nitrogen and oxygen atoms in total. The monoisotopic (exact) mass is 476 g/mol. The van der Waals surface area contributed by atoms with E-state index in [1.165, 1.54) is 19.3 Å². The number of hydrogen-bond donors (Lipinski definition) is 3. The average Bonchev–Trinajstić information content (AvgIpc) is 2.80. The maximum Gasteiger partial charge on any atom is 0.341 e. The summed E-state index contributed by atoms with van der Waals surface area (Å²) in [7, 11) is 1.37. The molecule has 2 rings (SSSR count). The number of methoxy groups -OCH3 is 1. The maximum absolute atomic E-state index is 12.1. The van der Waals surface area contributed by atoms with Crippen LogP contribution in [0.15, 0.2) is 17.8 Å². The maximum atomic E-state index is 12.1. The van der Waals surface area contributed by atoms with Gasteiger partial charge in [-0.05, 0) is 46.4 Å². The van der Waals surface area contributed by atoms with Gasteiger partial charge in [0.05, 0.1) is 10.7 Å². The molecule has 138 valence electrons. The molecule has 1 heterocycles. The number of rotatable bonds is 7. The lowest BCUT2D eigenvalue weighted by Gasteiger charge is -2.12. The molecule has 26 heavy (non-hydrogen) atoms. The van der Waals surface area contributed by atoms with Crippen LogP contribution in [0, 0.1) is 3.57 Å². The highest BCUT2D eigenvalue weighted by molar-refractivity contribution is 14.1. The Balaban J connectivity index is 2.32. The molecule has 0 radical (unpaired) electrons. The van der Waals surface area contributed by atoms with E-state index < -0.39 is 37.0 Å². The molecule has 0 saturated carbocycles. The molecule has 0 bridgehead atoms. The number of aliphatic carboxylic acids is 2. The summed E-state index contributed by atoms with van der Waals surface area (Å²) >= 11 is 1.91. The summed E-state index contributed by atoms with van der Waals surface area (Å²) in [6.45, 7) is -1.30. The lowest BCUT2D eigenvalue weighted by atomic mass is 10.1. The minimum Gasteiger partial charge on any atom is -0.493 e. The number of nitrogens with zero attached hydrogens (tertiary/aromatic N) is 1. The third-order valence-electron chi connectivity index (χ3n) is 3.16. The zero-order valence-corrected chi connectivity index (χ0v) is 15.5. The molecule has 1 fully saturated rings. The van der Waals surface area contributed by atoms with Gasteiger partial charge in [0.1, 0.15) is 12.2 Å². The standard InChI is InChI=1S/C15H13IN2O8/c1-25-10-4-7(2-8(16)13(10)26-6-12(21)22)3-9-14(23)18(5-11(19)20)15(24)17-9/h2-4H,5-6H2,1H3,(H,17,24)(H,19,20)(H,21,22). The number of benzene rings is 1. The van der Waals surface area contributed by atoms with E-state index in [4.69, 9.17) is 19.7 Å². The first-order chi connectivity index (χ1) is 12.2. The van der Waals surface area contributed by atoms with Gasteiger partial charge in [0.25, 0.3) is 5.91 Å². The Morgan fingerprint density at radius 3 is 2.54 bits per heavy atom. The molecule has 0 atom stereocenters. The van der Waals surface area contributed by atoms with Crippen molar-refractivity contribution in [2.24, 2.45) is 0 Å². The number of carbonyl (C=O) groups is 4. The molecule has 0 aliphatic carbocycles. The number of imide groups is 1. The Morgan fingerprint density at radius 1 is 1.27 bits per heavy atom. The molecule has 3 N–H and O–H groups in total. The van der Waals surface area contributed by atoms with E-state index in [0.29, 0.717) is 14.0 Å². The third kappa shape index (κ3) is 4.41. The first kappa shape index (κ1) is 19.5. The van der Waals surface area contributed by atoms with Crippen molar-refractivity contribution in [3.63, 3.8) is 0 Å². The molecule has 0 spiro atoms. The van der Waals surface area contributed by atoms with Gasteiger partial charge in [-0.15, -0.1) is 0 Å². The fraction of sp³-hybridized carbons (Fsp3) is 0.200. The second-order valence-corrected chi connectivity index (χ2v) is 6.15. The summed E-state index contributed by atoms with van der Waals surface area (Å²) in [5.41, 5.74) is 0.378. The van der Waals surface area contributed by atoms with E-state index in [-0.39, 0.29) is 17.2 Å². The van der Waals surface area contributed by atoms with Crippen molar-refractivity contribution in [2.75, 3.05) is 20.3 Å². The molecule has 1 aliphatic heterocycles. The number of urea groups is 1. The summed E-state index contributed by atoms with van der Waals surface area (Å²) in [4.78, 5) is 45.8. The summed E-state index contributed by atoms with van der Waals surface area (Å²) in [5.74, 6) is -2.76. The molecule has 1 aromatic rings. The van der Waals surface area contributed by atoms with Crippen LogP contribution in [0.3, 0.4) is 0 Å². The van der Waals surface area contributed by atoms with Gasteiger partial charge in [0.2, 0.25) is 0 Å². The smallest absolute Gasteiger partial charge is 0.341 e. The van der Waals surface area contributed by atoms with E-state index in [1.54, 1.807) is 6.07 Å². The first-order valence-electron chi connectivity index (χ1n) is 7.01. The van der Waals surface area contributed by atoms with Crippen LogP contribution in [-0.4, -0.2) is 59.3 Å². The van der Waals surface area contributed by atoms with Crippen LogP contribution >= 0.6 is 22.6 Å². The van der Waals surface area contributed by atoms with E-state index in [1.807, 2.05) is 22.6 Å². The average molecular weight is 476 g/mol. The zero-order chi connectivity index (χ0) is 19.4. The highest BCUT2D eigenvalue weighted by Crippen LogP contribution is 2.34. The first-order valence-corrected chi connectivity index (χ1v) is 8.09. The fourth-order valence-corrected chi connectivity index (χ4v) is 2.90. The minimum atomic E-state index is -1.31. The molecule has 1 aliphatic rings. The van der Waals surface area contributed by atoms with Crippen molar-refractivity contribution in [1.29, 1.82) is 0 Å². The Kier molecular flexibility index (Phi) is 6.02. The van der Waals surface area contributed by atoms with Gasteiger partial charge in [0.15, 0.2) is 18.1 Å². The second-order valence-electron chi connectivity index (χ2n) is 4.99. The van der Waals surface area contributed by atoms with Crippen molar-refractivity contribution >= 4 is 52.5 Å². The van der Waals surface area contributed by atoms with E-state index in [2.05, 4.69) is 5.32 Å². The van der Waals surface area contributed by atoms with Crippen LogP contribution in [-0.2, 0) is 14.4 Å². The number of nitrogens with one attached hydrogen (secondary N) is 1. The van der Waals surface area contributed by atoms with Gasteiger partial charge in [-0.25, -0.2) is 14.5 Å². The lowest BCUT2D eigenvalue weighted by molar-refractivity contribution is -0.140. The summed E-state index contributed by atoms with van der Waals surface area (Å²) in [6, 6.07) is 2.25. The molecule has 1 aromatic carbocycles. The molecular weight excluding hydrogens is 463 g/mol. The van der Waals surface area contributed by atoms with Crippen molar-refractivity contribution in [1.82, 2.24) is 10.2 Å². The van der Waals surface area contributed by atoms with Gasteiger partial charge in [-0.2, -0.15) is 0 Å². The third-order valence-corrected chi connectivity index (χ3v) is 3.96. The van der Waals surface area contributed by atoms with Crippen molar-refractivity contribution < 1.29 is 38.9 Å². The van der Waals surface area contributed by atoms with Crippen LogP contribution in [0.25, 0.3) is 6.08 Å². The van der Waals surface area contributed by atoms with Gasteiger partial charge in [-0.1, -0.05) is 0 Å². The summed E-state index contributed by atoms with van der Waals surface area (Å²) < 4.78 is 10.9. The number of amides is 3. The zero-order valence-electron chi connectivity index (χ0n) is 13.3. The molecule has 1 saturated heterocycles. The number of carboxylic acid groups (broad SMARTS) is 2. The predicted molar refractivity (Wildman–Crippen MR) is 94.7 cm³/mol. The van der Waals surface area contributed by atoms with Crippen LogP contribution in [0.1, 0.15) is 5.56 Å². The summed E-state index contributed by atoms with van der Waals surface area (Å²) in [6.07, 6.45) is 1.35. The van der Waals surface area contributed by atoms with Crippen LogP contribution in [0.2, 0.25) is 0 Å². The van der Waals surface area contributed by atoms with Gasteiger partial charge in [-0.3, -0.25) is 9.59 Å². The normalized spacial score (nSPS) is 15.2. The quantitative estimate of drug-likeness (QED) is 0.297. The van der Waals surface area contributed by atoms with Gasteiger partial charge >= 0.3 is 18.0 Å². The van der Waals surface area contributed by atoms with E-state index >= 15 is 0 Å². The number of carbonyl (C=O) groups excluding carboxylic acids is 2. The van der Waals surface area contributed by atoms with Crippen LogP contribution in [0.5, 0.6) is 11.5 Å². The number of hydrogen-bond acceptors (Lipinski definition) is 6. The second kappa shape index (κ2) is 8.03. The largest absolute Gasteiger partial charge is 0.493 e. The molecular formula is C15H13IN2O8. The fourth-order valence-electron chi connectivity index (χ4n) is 2.11. The molecule has 0 aromatic heterocycles. The Bertz CT molecular complexity index is 820. The molecule has 0 unspecified atom stereocenters. The van der Waals surface area contributed by atoms with Crippen molar-refractivity contribution in [3.05, 3.63) is 27.0 Å². The minimum absolute atomic E-state index is 0.0895. The highest BCUT2D eigenvalue weighted by atomic mass is 127. The van der Waals surface area contributed by atoms with Crippen LogP contribution in [0.4, 0.5) is 4.79 Å². The highest BCUT2D eigenvalue weighted by Gasteiger charge is 2.34.